The number of carbonyl (C=O) groups excluding carboxylic acids is 1. The molecule has 3 atom stereocenters. The number of benzene rings is 1. The lowest BCUT2D eigenvalue weighted by Gasteiger charge is -2.38. The minimum atomic E-state index is 0.330. The molecule has 3 aliphatic rings. The second kappa shape index (κ2) is 5.77. The summed E-state index contributed by atoms with van der Waals surface area (Å²) in [5.74, 6) is 2.28. The van der Waals surface area contributed by atoms with Crippen LogP contribution in [0.2, 0.25) is 5.02 Å². The molecule has 3 nitrogen and oxygen atoms in total. The van der Waals surface area contributed by atoms with Gasteiger partial charge in [0.2, 0.25) is 5.91 Å². The lowest BCUT2D eigenvalue weighted by atomic mass is 9.87. The van der Waals surface area contributed by atoms with Gasteiger partial charge in [0.05, 0.1) is 0 Å². The summed E-state index contributed by atoms with van der Waals surface area (Å²) in [4.78, 5) is 17.2. The predicted octanol–water partition coefficient (Wildman–Crippen LogP) is 3.42. The van der Waals surface area contributed by atoms with E-state index in [1.54, 1.807) is 0 Å². The Labute approximate surface area is 137 Å². The lowest BCUT2D eigenvalue weighted by molar-refractivity contribution is -0.137. The fourth-order valence-corrected chi connectivity index (χ4v) is 4.82. The van der Waals surface area contributed by atoms with Gasteiger partial charge in [0.25, 0.3) is 0 Å². The van der Waals surface area contributed by atoms with Gasteiger partial charge in [0.1, 0.15) is 0 Å². The Bertz CT molecular complexity index is 568. The molecule has 0 unspecified atom stereocenters. The van der Waals surface area contributed by atoms with Gasteiger partial charge in [-0.2, -0.15) is 0 Å². The van der Waals surface area contributed by atoms with Crippen LogP contribution in [0.3, 0.4) is 0 Å². The second-order valence-electron chi connectivity index (χ2n) is 7.07. The summed E-state index contributed by atoms with van der Waals surface area (Å²) in [5, 5.41) is 0.776. The quantitative estimate of drug-likeness (QED) is 0.834. The normalized spacial score (nSPS) is 30.9. The minimum Gasteiger partial charge on any atom is -0.368 e. The molecule has 4 rings (SSSR count). The topological polar surface area (TPSA) is 23.6 Å². The number of nitrogens with zero attached hydrogens (tertiary/aromatic N) is 2. The molecule has 1 aromatic carbocycles. The van der Waals surface area contributed by atoms with Gasteiger partial charge >= 0.3 is 0 Å². The van der Waals surface area contributed by atoms with Crippen LogP contribution in [0.4, 0.5) is 5.69 Å². The first kappa shape index (κ1) is 14.4. The molecular formula is C18H23ClN2O. The largest absolute Gasteiger partial charge is 0.368 e. The predicted molar refractivity (Wildman–Crippen MR) is 89.2 cm³/mol. The van der Waals surface area contributed by atoms with Crippen molar-refractivity contribution in [2.75, 3.05) is 31.1 Å². The molecule has 0 N–H and O–H groups in total. The molecule has 1 saturated heterocycles. The number of amides is 1. The number of rotatable bonds is 2. The Morgan fingerprint density at radius 2 is 1.91 bits per heavy atom. The van der Waals surface area contributed by atoms with Crippen LogP contribution in [0, 0.1) is 17.8 Å². The summed E-state index contributed by atoms with van der Waals surface area (Å²) in [6.45, 7) is 3.51. The number of halogens is 1. The average molecular weight is 319 g/mol. The number of hydrogen-bond acceptors (Lipinski definition) is 2. The Kier molecular flexibility index (Phi) is 3.77. The van der Waals surface area contributed by atoms with E-state index in [1.807, 2.05) is 18.2 Å². The van der Waals surface area contributed by atoms with Gasteiger partial charge in [-0.05, 0) is 49.3 Å². The van der Waals surface area contributed by atoms with Crippen LogP contribution < -0.4 is 4.90 Å². The fourth-order valence-electron chi connectivity index (χ4n) is 4.64. The van der Waals surface area contributed by atoms with Gasteiger partial charge in [-0.3, -0.25) is 4.79 Å². The van der Waals surface area contributed by atoms with E-state index in [4.69, 9.17) is 11.6 Å². The SMILES string of the molecule is O=C([C@@H]1C[C@@H]2CC[C@@H]1C2)N1CCN(c2cccc(Cl)c2)CC1. The van der Waals surface area contributed by atoms with E-state index < -0.39 is 0 Å². The lowest BCUT2D eigenvalue weighted by Crippen LogP contribution is -2.51. The van der Waals surface area contributed by atoms with Crippen molar-refractivity contribution in [1.29, 1.82) is 0 Å². The Morgan fingerprint density at radius 3 is 2.55 bits per heavy atom. The zero-order chi connectivity index (χ0) is 15.1. The van der Waals surface area contributed by atoms with Gasteiger partial charge in [0.15, 0.2) is 0 Å². The maximum absolute atomic E-state index is 12.8. The molecule has 1 amide bonds. The van der Waals surface area contributed by atoms with Gasteiger partial charge in [-0.15, -0.1) is 0 Å². The van der Waals surface area contributed by atoms with E-state index in [0.717, 1.165) is 43.5 Å². The Balaban J connectivity index is 1.36. The smallest absolute Gasteiger partial charge is 0.226 e. The van der Waals surface area contributed by atoms with Crippen molar-refractivity contribution < 1.29 is 4.79 Å². The molecule has 2 aliphatic carbocycles. The average Bonchev–Trinajstić information content (AvgIpc) is 3.17. The highest BCUT2D eigenvalue weighted by atomic mass is 35.5. The van der Waals surface area contributed by atoms with Gasteiger partial charge in [0, 0.05) is 42.8 Å². The zero-order valence-electron chi connectivity index (χ0n) is 12.9. The van der Waals surface area contributed by atoms with Crippen LogP contribution in [0.1, 0.15) is 25.7 Å². The molecule has 0 spiro atoms. The molecule has 2 saturated carbocycles. The maximum Gasteiger partial charge on any atom is 0.226 e. The monoisotopic (exact) mass is 318 g/mol. The Hall–Kier alpha value is -1.22. The highest BCUT2D eigenvalue weighted by Crippen LogP contribution is 2.48. The standard InChI is InChI=1S/C18H23ClN2O/c19-15-2-1-3-16(12-15)20-6-8-21(9-7-20)18(22)17-11-13-4-5-14(17)10-13/h1-3,12-14,17H,4-11H2/t13-,14-,17-/m1/s1. The molecule has 0 aromatic heterocycles. The van der Waals surface area contributed by atoms with Crippen molar-refractivity contribution in [3.8, 4) is 0 Å². The van der Waals surface area contributed by atoms with Crippen molar-refractivity contribution in [2.24, 2.45) is 17.8 Å². The van der Waals surface area contributed by atoms with Gasteiger partial charge in [-0.1, -0.05) is 24.1 Å². The summed E-state index contributed by atoms with van der Waals surface area (Å²) < 4.78 is 0. The number of fused-ring (bicyclic) bond motifs is 2. The second-order valence-corrected chi connectivity index (χ2v) is 7.51. The van der Waals surface area contributed by atoms with Crippen LogP contribution in [0.5, 0.6) is 0 Å². The summed E-state index contributed by atoms with van der Waals surface area (Å²) in [7, 11) is 0. The maximum atomic E-state index is 12.8. The Morgan fingerprint density at radius 1 is 1.09 bits per heavy atom. The van der Waals surface area contributed by atoms with E-state index in [-0.39, 0.29) is 0 Å². The van der Waals surface area contributed by atoms with Crippen molar-refractivity contribution in [1.82, 2.24) is 4.90 Å². The van der Waals surface area contributed by atoms with Crippen molar-refractivity contribution in [2.45, 2.75) is 25.7 Å². The van der Waals surface area contributed by atoms with Gasteiger partial charge < -0.3 is 9.80 Å². The summed E-state index contributed by atoms with van der Waals surface area (Å²) >= 11 is 6.07. The highest BCUT2D eigenvalue weighted by molar-refractivity contribution is 6.30. The molecule has 0 radical (unpaired) electrons. The number of hydrogen-bond donors (Lipinski definition) is 0. The van der Waals surface area contributed by atoms with E-state index in [2.05, 4.69) is 15.9 Å². The van der Waals surface area contributed by atoms with Crippen LogP contribution >= 0.6 is 11.6 Å². The third-order valence-electron chi connectivity index (χ3n) is 5.82. The number of carbonyl (C=O) groups is 1. The fraction of sp³-hybridized carbons (Fsp3) is 0.611. The first-order chi connectivity index (χ1) is 10.7. The van der Waals surface area contributed by atoms with Gasteiger partial charge in [-0.25, -0.2) is 0 Å². The number of anilines is 1. The molecule has 118 valence electrons. The van der Waals surface area contributed by atoms with E-state index in [0.29, 0.717) is 17.7 Å². The number of piperazine rings is 1. The summed E-state index contributed by atoms with van der Waals surface area (Å²) in [6, 6.07) is 8.00. The third kappa shape index (κ3) is 2.60. The van der Waals surface area contributed by atoms with Crippen LogP contribution in [0.25, 0.3) is 0 Å². The highest BCUT2D eigenvalue weighted by Gasteiger charge is 2.44. The summed E-state index contributed by atoms with van der Waals surface area (Å²) in [6.07, 6.45) is 5.09. The van der Waals surface area contributed by atoms with Crippen LogP contribution in [0.15, 0.2) is 24.3 Å². The first-order valence-electron chi connectivity index (χ1n) is 8.50. The minimum absolute atomic E-state index is 0.330. The van der Waals surface area contributed by atoms with Crippen molar-refractivity contribution >= 4 is 23.2 Å². The zero-order valence-corrected chi connectivity index (χ0v) is 13.6. The van der Waals surface area contributed by atoms with Crippen molar-refractivity contribution in [3.05, 3.63) is 29.3 Å². The molecule has 3 fully saturated rings. The summed E-state index contributed by atoms with van der Waals surface area (Å²) in [5.41, 5.74) is 1.17. The van der Waals surface area contributed by atoms with Crippen molar-refractivity contribution in [3.63, 3.8) is 0 Å². The molecule has 22 heavy (non-hydrogen) atoms. The van der Waals surface area contributed by atoms with E-state index in [1.165, 1.54) is 24.9 Å². The molecule has 1 aromatic rings. The molecular weight excluding hydrogens is 296 g/mol. The van der Waals surface area contributed by atoms with Crippen LogP contribution in [-0.2, 0) is 4.79 Å². The molecule has 1 heterocycles. The van der Waals surface area contributed by atoms with E-state index in [9.17, 15) is 4.79 Å². The first-order valence-corrected chi connectivity index (χ1v) is 8.88. The van der Waals surface area contributed by atoms with Crippen LogP contribution in [-0.4, -0.2) is 37.0 Å². The molecule has 4 heteroatoms. The third-order valence-corrected chi connectivity index (χ3v) is 6.06. The van der Waals surface area contributed by atoms with E-state index >= 15 is 0 Å². The molecule has 1 aliphatic heterocycles. The molecule has 2 bridgehead atoms.